The highest BCUT2D eigenvalue weighted by Crippen LogP contribution is 2.27. The zero-order valence-electron chi connectivity index (χ0n) is 10.0. The minimum absolute atomic E-state index is 0.0899. The van der Waals surface area contributed by atoms with Gasteiger partial charge >= 0.3 is 0 Å². The van der Waals surface area contributed by atoms with Crippen LogP contribution in [-0.4, -0.2) is 37.8 Å². The molecule has 2 fully saturated rings. The van der Waals surface area contributed by atoms with Crippen molar-refractivity contribution in [3.05, 3.63) is 0 Å². The Balaban J connectivity index is 1.95. The van der Waals surface area contributed by atoms with Crippen LogP contribution in [0.1, 0.15) is 39.5 Å². The van der Waals surface area contributed by atoms with E-state index in [2.05, 4.69) is 5.32 Å². The number of rotatable bonds is 2. The maximum atomic E-state index is 11.8. The second kappa shape index (κ2) is 4.27. The first-order chi connectivity index (χ1) is 7.39. The summed E-state index contributed by atoms with van der Waals surface area (Å²) in [6, 6.07) is 0. The summed E-state index contributed by atoms with van der Waals surface area (Å²) in [4.78, 5) is 0. The minimum Gasteiger partial charge on any atom is -0.356 e. The van der Waals surface area contributed by atoms with Gasteiger partial charge in [0, 0.05) is 13.0 Å². The van der Waals surface area contributed by atoms with Crippen LogP contribution in [0.15, 0.2) is 0 Å². The molecular formula is C11H21NO3S. The van der Waals surface area contributed by atoms with Crippen molar-refractivity contribution in [3.8, 4) is 0 Å². The Bertz CT molecular complexity index is 350. The maximum absolute atomic E-state index is 11.8. The molecule has 0 radical (unpaired) electrons. The molecule has 0 aromatic heterocycles. The topological polar surface area (TPSA) is 55.4 Å². The SMILES string of the molecule is CC1(C)CNC(CC2CCCCS2(=O)=O)O1. The highest BCUT2D eigenvalue weighted by molar-refractivity contribution is 7.92. The molecule has 2 atom stereocenters. The quantitative estimate of drug-likeness (QED) is 0.793. The number of sulfone groups is 1. The number of ether oxygens (including phenoxy) is 1. The van der Waals surface area contributed by atoms with E-state index in [1.165, 1.54) is 0 Å². The number of nitrogens with one attached hydrogen (secondary N) is 1. The van der Waals surface area contributed by atoms with Crippen LogP contribution in [0.5, 0.6) is 0 Å². The average Bonchev–Trinajstić information content (AvgIpc) is 2.49. The number of hydrogen-bond acceptors (Lipinski definition) is 4. The molecule has 0 aromatic rings. The average molecular weight is 247 g/mol. The van der Waals surface area contributed by atoms with Gasteiger partial charge in [0.1, 0.15) is 6.23 Å². The highest BCUT2D eigenvalue weighted by atomic mass is 32.2. The Morgan fingerprint density at radius 2 is 2.12 bits per heavy atom. The van der Waals surface area contributed by atoms with E-state index in [9.17, 15) is 8.42 Å². The Kier molecular flexibility index (Phi) is 3.29. The van der Waals surface area contributed by atoms with Crippen LogP contribution in [0, 0.1) is 0 Å². The van der Waals surface area contributed by atoms with Crippen molar-refractivity contribution in [2.45, 2.75) is 56.6 Å². The van der Waals surface area contributed by atoms with Crippen molar-refractivity contribution in [2.24, 2.45) is 0 Å². The molecule has 0 bridgehead atoms. The molecule has 5 heteroatoms. The first-order valence-electron chi connectivity index (χ1n) is 6.02. The molecule has 2 heterocycles. The van der Waals surface area contributed by atoms with E-state index in [4.69, 9.17) is 4.74 Å². The smallest absolute Gasteiger partial charge is 0.153 e. The maximum Gasteiger partial charge on any atom is 0.153 e. The summed E-state index contributed by atoms with van der Waals surface area (Å²) in [6.07, 6.45) is 3.16. The lowest BCUT2D eigenvalue weighted by Gasteiger charge is -2.25. The molecule has 2 saturated heterocycles. The predicted octanol–water partition coefficient (Wildman–Crippen LogP) is 1.07. The number of hydrogen-bond donors (Lipinski definition) is 1. The van der Waals surface area contributed by atoms with Gasteiger partial charge in [-0.2, -0.15) is 0 Å². The van der Waals surface area contributed by atoms with Gasteiger partial charge in [0.05, 0.1) is 16.6 Å². The van der Waals surface area contributed by atoms with Crippen molar-refractivity contribution in [3.63, 3.8) is 0 Å². The van der Waals surface area contributed by atoms with Gasteiger partial charge < -0.3 is 4.74 Å². The van der Waals surface area contributed by atoms with Gasteiger partial charge in [-0.15, -0.1) is 0 Å². The summed E-state index contributed by atoms with van der Waals surface area (Å²) in [5.41, 5.74) is -0.164. The fourth-order valence-corrected chi connectivity index (χ4v) is 4.42. The summed E-state index contributed by atoms with van der Waals surface area (Å²) in [5.74, 6) is 0.355. The van der Waals surface area contributed by atoms with Crippen LogP contribution >= 0.6 is 0 Å². The van der Waals surface area contributed by atoms with E-state index in [1.807, 2.05) is 13.8 Å². The fraction of sp³-hybridized carbons (Fsp3) is 1.00. The Morgan fingerprint density at radius 1 is 1.38 bits per heavy atom. The summed E-state index contributed by atoms with van der Waals surface area (Å²) in [7, 11) is -2.87. The predicted molar refractivity (Wildman–Crippen MR) is 63.0 cm³/mol. The minimum atomic E-state index is -2.87. The first-order valence-corrected chi connectivity index (χ1v) is 7.73. The van der Waals surface area contributed by atoms with Gasteiger partial charge in [0.2, 0.25) is 0 Å². The molecule has 0 saturated carbocycles. The standard InChI is InChI=1S/C11H21NO3S/c1-11(2)8-12-10(15-11)7-9-5-3-4-6-16(9,13)14/h9-10,12H,3-8H2,1-2H3. The van der Waals surface area contributed by atoms with E-state index in [1.54, 1.807) is 0 Å². The van der Waals surface area contributed by atoms with Crippen LogP contribution in [0.2, 0.25) is 0 Å². The molecule has 0 amide bonds. The molecular weight excluding hydrogens is 226 g/mol. The largest absolute Gasteiger partial charge is 0.356 e. The molecule has 94 valence electrons. The van der Waals surface area contributed by atoms with Crippen LogP contribution in [0.25, 0.3) is 0 Å². The van der Waals surface area contributed by atoms with Gasteiger partial charge in [0.25, 0.3) is 0 Å². The first kappa shape index (κ1) is 12.3. The van der Waals surface area contributed by atoms with Crippen LogP contribution in [-0.2, 0) is 14.6 Å². The second-order valence-corrected chi connectivity index (χ2v) is 7.87. The van der Waals surface area contributed by atoms with Gasteiger partial charge in [-0.05, 0) is 26.7 Å². The van der Waals surface area contributed by atoms with Crippen molar-refractivity contribution in [2.75, 3.05) is 12.3 Å². The monoisotopic (exact) mass is 247 g/mol. The van der Waals surface area contributed by atoms with Gasteiger partial charge in [-0.3, -0.25) is 5.32 Å². The lowest BCUT2D eigenvalue weighted by atomic mass is 10.1. The molecule has 4 nitrogen and oxygen atoms in total. The van der Waals surface area contributed by atoms with Crippen molar-refractivity contribution < 1.29 is 13.2 Å². The van der Waals surface area contributed by atoms with E-state index < -0.39 is 9.84 Å². The molecule has 2 aliphatic rings. The molecule has 2 rings (SSSR count). The summed E-state index contributed by atoms with van der Waals surface area (Å²) in [6.45, 7) is 4.84. The lowest BCUT2D eigenvalue weighted by Crippen LogP contribution is -2.35. The van der Waals surface area contributed by atoms with Crippen LogP contribution in [0.4, 0.5) is 0 Å². The summed E-state index contributed by atoms with van der Waals surface area (Å²) in [5, 5.41) is 3.04. The van der Waals surface area contributed by atoms with Crippen LogP contribution in [0.3, 0.4) is 0 Å². The van der Waals surface area contributed by atoms with Crippen molar-refractivity contribution in [1.82, 2.24) is 5.32 Å². The van der Waals surface area contributed by atoms with E-state index in [-0.39, 0.29) is 17.1 Å². The van der Waals surface area contributed by atoms with Gasteiger partial charge in [-0.1, -0.05) is 6.42 Å². The Morgan fingerprint density at radius 3 is 2.69 bits per heavy atom. The summed E-state index contributed by atoms with van der Waals surface area (Å²) < 4.78 is 29.5. The third-order valence-corrected chi connectivity index (χ3v) is 5.71. The van der Waals surface area contributed by atoms with Gasteiger partial charge in [0.15, 0.2) is 9.84 Å². The molecule has 0 aliphatic carbocycles. The van der Waals surface area contributed by atoms with Crippen molar-refractivity contribution in [1.29, 1.82) is 0 Å². The highest BCUT2D eigenvalue weighted by Gasteiger charge is 2.36. The molecule has 2 unspecified atom stereocenters. The summed E-state index contributed by atoms with van der Waals surface area (Å²) >= 11 is 0. The fourth-order valence-electron chi connectivity index (χ4n) is 2.48. The normalized spacial score (nSPS) is 37.4. The zero-order chi connectivity index (χ0) is 11.8. The molecule has 0 aromatic carbocycles. The second-order valence-electron chi connectivity index (χ2n) is 5.47. The molecule has 0 spiro atoms. The lowest BCUT2D eigenvalue weighted by molar-refractivity contribution is -0.0183. The van der Waals surface area contributed by atoms with E-state index in [0.29, 0.717) is 12.2 Å². The molecule has 16 heavy (non-hydrogen) atoms. The van der Waals surface area contributed by atoms with Crippen molar-refractivity contribution >= 4 is 9.84 Å². The Labute approximate surface area is 97.7 Å². The third-order valence-electron chi connectivity index (χ3n) is 3.41. The van der Waals surface area contributed by atoms with Crippen LogP contribution < -0.4 is 5.32 Å². The zero-order valence-corrected chi connectivity index (χ0v) is 10.8. The molecule has 1 N–H and O–H groups in total. The van der Waals surface area contributed by atoms with Gasteiger partial charge in [-0.25, -0.2) is 8.42 Å². The Hall–Kier alpha value is -0.130. The molecule has 2 aliphatic heterocycles. The van der Waals surface area contributed by atoms with E-state index in [0.717, 1.165) is 25.8 Å². The third kappa shape index (κ3) is 2.76. The van der Waals surface area contributed by atoms with E-state index >= 15 is 0 Å².